The van der Waals surface area contributed by atoms with Crippen LogP contribution in [0.1, 0.15) is 0 Å². The van der Waals surface area contributed by atoms with Crippen molar-refractivity contribution >= 4 is 11.8 Å². The summed E-state index contributed by atoms with van der Waals surface area (Å²) in [6, 6.07) is 0. The molecule has 0 bridgehead atoms. The first-order chi connectivity index (χ1) is 4.84. The van der Waals surface area contributed by atoms with Crippen LogP contribution in [0.15, 0.2) is 17.6 Å². The maximum absolute atomic E-state index is 4.15. The number of quaternary nitrogens is 1. The Morgan fingerprint density at radius 3 is 3.10 bits per heavy atom. The van der Waals surface area contributed by atoms with E-state index >= 15 is 0 Å². The average molecular weight is 158 g/mol. The maximum Gasteiger partial charge on any atom is 0.167 e. The Labute approximate surface area is 64.6 Å². The van der Waals surface area contributed by atoms with Gasteiger partial charge in [0.2, 0.25) is 0 Å². The zero-order chi connectivity index (χ0) is 7.40. The Hall–Kier alpha value is -0.480. The Morgan fingerprint density at radius 2 is 2.60 bits per heavy atom. The Morgan fingerprint density at radius 1 is 1.80 bits per heavy atom. The van der Waals surface area contributed by atoms with Gasteiger partial charge in [-0.1, -0.05) is 11.8 Å². The van der Waals surface area contributed by atoms with Gasteiger partial charge in [0.15, 0.2) is 5.16 Å². The van der Waals surface area contributed by atoms with Gasteiger partial charge in [-0.05, 0) is 0 Å². The fraction of sp³-hybridized carbons (Fsp3) is 0.500. The molecule has 0 aliphatic rings. The fourth-order valence-electron chi connectivity index (χ4n) is 0.654. The van der Waals surface area contributed by atoms with Gasteiger partial charge in [-0.3, -0.25) is 0 Å². The highest BCUT2D eigenvalue weighted by atomic mass is 32.2. The van der Waals surface area contributed by atoms with Crippen molar-refractivity contribution in [3.63, 3.8) is 0 Å². The number of nitrogens with zero attached hydrogens (tertiary/aromatic N) is 2. The third-order valence-corrected chi connectivity index (χ3v) is 2.30. The second kappa shape index (κ2) is 3.63. The molecule has 1 aromatic heterocycles. The van der Waals surface area contributed by atoms with Crippen LogP contribution < -0.4 is 5.73 Å². The van der Waals surface area contributed by atoms with E-state index in [0.717, 1.165) is 17.5 Å². The van der Waals surface area contributed by atoms with Gasteiger partial charge in [-0.25, -0.2) is 4.98 Å². The van der Waals surface area contributed by atoms with E-state index in [0.29, 0.717) is 0 Å². The monoisotopic (exact) mass is 158 g/mol. The van der Waals surface area contributed by atoms with Crippen molar-refractivity contribution in [3.05, 3.63) is 12.4 Å². The van der Waals surface area contributed by atoms with Gasteiger partial charge in [0, 0.05) is 19.4 Å². The molecule has 0 aliphatic carbocycles. The summed E-state index contributed by atoms with van der Waals surface area (Å²) in [5, 5.41) is 1.07. The van der Waals surface area contributed by atoms with Gasteiger partial charge >= 0.3 is 0 Å². The molecular formula is C6H12N3S+. The highest BCUT2D eigenvalue weighted by Gasteiger charge is 1.97. The van der Waals surface area contributed by atoms with Crippen molar-refractivity contribution in [3.8, 4) is 0 Å². The van der Waals surface area contributed by atoms with Crippen molar-refractivity contribution in [2.75, 3.05) is 12.3 Å². The second-order valence-corrected chi connectivity index (χ2v) is 3.08. The fourth-order valence-corrected chi connectivity index (χ4v) is 1.38. The summed E-state index contributed by atoms with van der Waals surface area (Å²) in [7, 11) is 2.00. The molecule has 0 unspecified atom stereocenters. The quantitative estimate of drug-likeness (QED) is 0.617. The maximum atomic E-state index is 4.15. The van der Waals surface area contributed by atoms with Crippen LogP contribution in [0.4, 0.5) is 0 Å². The molecule has 0 fully saturated rings. The van der Waals surface area contributed by atoms with E-state index in [1.165, 1.54) is 0 Å². The summed E-state index contributed by atoms with van der Waals surface area (Å²) in [5.41, 5.74) is 3.76. The molecule has 0 spiro atoms. The molecule has 0 aromatic carbocycles. The highest BCUT2D eigenvalue weighted by molar-refractivity contribution is 7.99. The molecule has 0 aliphatic heterocycles. The first-order valence-corrected chi connectivity index (χ1v) is 4.22. The van der Waals surface area contributed by atoms with Crippen LogP contribution in [0, 0.1) is 0 Å². The number of hydrogen-bond acceptors (Lipinski definition) is 2. The van der Waals surface area contributed by atoms with Gasteiger partial charge in [-0.2, -0.15) is 0 Å². The average Bonchev–Trinajstić information content (AvgIpc) is 2.31. The van der Waals surface area contributed by atoms with Crippen LogP contribution in [-0.2, 0) is 7.05 Å². The normalized spacial score (nSPS) is 10.2. The minimum atomic E-state index is 0.956. The first-order valence-electron chi connectivity index (χ1n) is 3.24. The van der Waals surface area contributed by atoms with Gasteiger partial charge in [0.1, 0.15) is 0 Å². The number of rotatable bonds is 3. The van der Waals surface area contributed by atoms with Gasteiger partial charge < -0.3 is 10.3 Å². The molecule has 0 saturated carbocycles. The molecule has 0 radical (unpaired) electrons. The number of aromatic nitrogens is 2. The Bertz CT molecular complexity index is 197. The number of aryl methyl sites for hydroxylation is 1. The van der Waals surface area contributed by atoms with Crippen LogP contribution in [0.3, 0.4) is 0 Å². The zero-order valence-corrected chi connectivity index (χ0v) is 6.90. The van der Waals surface area contributed by atoms with E-state index in [1.807, 2.05) is 24.0 Å². The van der Waals surface area contributed by atoms with Crippen molar-refractivity contribution in [2.24, 2.45) is 7.05 Å². The summed E-state index contributed by atoms with van der Waals surface area (Å²) in [6.07, 6.45) is 3.76. The molecule has 1 aromatic rings. The lowest BCUT2D eigenvalue weighted by Crippen LogP contribution is -2.51. The minimum Gasteiger partial charge on any atom is -0.357 e. The predicted octanol–water partition coefficient (Wildman–Crippen LogP) is -0.246. The molecule has 3 nitrogen and oxygen atoms in total. The SMILES string of the molecule is Cn1ccnc1SCC[NH3+]. The van der Waals surface area contributed by atoms with Crippen molar-refractivity contribution in [2.45, 2.75) is 5.16 Å². The lowest BCUT2D eigenvalue weighted by Gasteiger charge is -1.96. The van der Waals surface area contributed by atoms with E-state index in [4.69, 9.17) is 0 Å². The van der Waals surface area contributed by atoms with Crippen LogP contribution in [0.25, 0.3) is 0 Å². The number of hydrogen-bond donors (Lipinski definition) is 1. The second-order valence-electron chi connectivity index (χ2n) is 2.02. The van der Waals surface area contributed by atoms with E-state index < -0.39 is 0 Å². The topological polar surface area (TPSA) is 45.5 Å². The molecule has 56 valence electrons. The van der Waals surface area contributed by atoms with Gasteiger partial charge in [0.25, 0.3) is 0 Å². The molecule has 0 saturated heterocycles. The molecule has 10 heavy (non-hydrogen) atoms. The first kappa shape index (κ1) is 7.63. The largest absolute Gasteiger partial charge is 0.357 e. The van der Waals surface area contributed by atoms with Crippen molar-refractivity contribution < 1.29 is 5.73 Å². The smallest absolute Gasteiger partial charge is 0.167 e. The molecule has 0 amide bonds. The molecule has 1 heterocycles. The summed E-state index contributed by atoms with van der Waals surface area (Å²) in [5.74, 6) is 1.05. The van der Waals surface area contributed by atoms with E-state index in [-0.39, 0.29) is 0 Å². The summed E-state index contributed by atoms with van der Waals surface area (Å²) >= 11 is 1.74. The Kier molecular flexibility index (Phi) is 2.77. The molecular weight excluding hydrogens is 146 g/mol. The molecule has 0 atom stereocenters. The molecule has 4 heteroatoms. The minimum absolute atomic E-state index is 0.956. The number of thioether (sulfide) groups is 1. The summed E-state index contributed by atoms with van der Waals surface area (Å²) < 4.78 is 2.01. The van der Waals surface area contributed by atoms with Crippen LogP contribution in [0.2, 0.25) is 0 Å². The third kappa shape index (κ3) is 1.75. The molecule has 1 rings (SSSR count). The zero-order valence-electron chi connectivity index (χ0n) is 6.08. The Balaban J connectivity index is 2.49. The highest BCUT2D eigenvalue weighted by Crippen LogP contribution is 2.12. The lowest BCUT2D eigenvalue weighted by molar-refractivity contribution is -0.360. The van der Waals surface area contributed by atoms with Crippen LogP contribution in [0.5, 0.6) is 0 Å². The van der Waals surface area contributed by atoms with Crippen molar-refractivity contribution in [1.29, 1.82) is 0 Å². The van der Waals surface area contributed by atoms with Crippen LogP contribution >= 0.6 is 11.8 Å². The summed E-state index contributed by atoms with van der Waals surface area (Å²) in [4.78, 5) is 4.15. The molecule has 3 N–H and O–H groups in total. The predicted molar refractivity (Wildman–Crippen MR) is 41.7 cm³/mol. The number of imidazole rings is 1. The van der Waals surface area contributed by atoms with E-state index in [2.05, 4.69) is 10.7 Å². The lowest BCUT2D eigenvalue weighted by atomic mass is 10.8. The van der Waals surface area contributed by atoms with E-state index in [9.17, 15) is 0 Å². The van der Waals surface area contributed by atoms with Crippen LogP contribution in [-0.4, -0.2) is 21.8 Å². The standard InChI is InChI=1S/C6H11N3S/c1-9-4-3-8-6(9)10-5-2-7/h3-4H,2,5,7H2,1H3/p+1. The van der Waals surface area contributed by atoms with Gasteiger partial charge in [0.05, 0.1) is 12.3 Å². The van der Waals surface area contributed by atoms with Gasteiger partial charge in [-0.15, -0.1) is 0 Å². The van der Waals surface area contributed by atoms with Crippen molar-refractivity contribution in [1.82, 2.24) is 9.55 Å². The van der Waals surface area contributed by atoms with E-state index in [1.54, 1.807) is 11.8 Å². The summed E-state index contributed by atoms with van der Waals surface area (Å²) in [6.45, 7) is 0.956. The third-order valence-electron chi connectivity index (χ3n) is 1.15.